The number of esters is 1. The molecule has 2 aliphatic heterocycles. The van der Waals surface area contributed by atoms with Gasteiger partial charge in [0.1, 0.15) is 5.75 Å². The normalized spacial score (nSPS) is 20.4. The summed E-state index contributed by atoms with van der Waals surface area (Å²) in [6.45, 7) is 4.36. The lowest BCUT2D eigenvalue weighted by Crippen LogP contribution is -2.22. The van der Waals surface area contributed by atoms with Crippen LogP contribution >= 0.6 is 0 Å². The van der Waals surface area contributed by atoms with Crippen molar-refractivity contribution in [3.63, 3.8) is 0 Å². The smallest absolute Gasteiger partial charge is 0.363 e. The van der Waals surface area contributed by atoms with E-state index in [2.05, 4.69) is 41.9 Å². The molecular formula is C23H22N2O3. The molecule has 0 fully saturated rings. The Morgan fingerprint density at radius 3 is 2.46 bits per heavy atom. The summed E-state index contributed by atoms with van der Waals surface area (Å²) >= 11 is 0. The summed E-state index contributed by atoms with van der Waals surface area (Å²) in [5.74, 6) is 0.596. The van der Waals surface area contributed by atoms with Crippen molar-refractivity contribution in [1.29, 1.82) is 0 Å². The number of benzene rings is 2. The molecule has 0 unspecified atom stereocenters. The first-order chi connectivity index (χ1) is 13.4. The van der Waals surface area contributed by atoms with Crippen LogP contribution in [0.1, 0.15) is 25.0 Å². The second-order valence-electron chi connectivity index (χ2n) is 7.34. The highest BCUT2D eigenvalue weighted by molar-refractivity contribution is 6.11. The van der Waals surface area contributed by atoms with Gasteiger partial charge >= 0.3 is 5.97 Å². The number of methoxy groups -OCH3 is 1. The van der Waals surface area contributed by atoms with Gasteiger partial charge in [-0.25, -0.2) is 9.79 Å². The van der Waals surface area contributed by atoms with E-state index in [1.807, 2.05) is 43.5 Å². The Bertz CT molecular complexity index is 1030. The minimum Gasteiger partial charge on any atom is -0.497 e. The maximum atomic E-state index is 12.3. The zero-order valence-electron chi connectivity index (χ0n) is 16.4. The molecule has 2 aromatic rings. The second kappa shape index (κ2) is 6.68. The third-order valence-corrected chi connectivity index (χ3v) is 5.30. The lowest BCUT2D eigenvalue weighted by molar-refractivity contribution is -0.130. The Morgan fingerprint density at radius 1 is 1.07 bits per heavy atom. The lowest BCUT2D eigenvalue weighted by Gasteiger charge is -2.23. The van der Waals surface area contributed by atoms with Crippen LogP contribution in [0.15, 0.2) is 77.1 Å². The summed E-state index contributed by atoms with van der Waals surface area (Å²) in [5.41, 5.74) is 4.40. The fraction of sp³-hybridized carbons (Fsp3) is 0.217. The van der Waals surface area contributed by atoms with Gasteiger partial charge in [0.25, 0.3) is 0 Å². The summed E-state index contributed by atoms with van der Waals surface area (Å²) in [7, 11) is 3.65. The SMILES string of the molecule is COc1ccc(C2=NC(=CC=C3N(C)c4ccccc4C3(C)C)C(=O)O2)cc1. The van der Waals surface area contributed by atoms with E-state index in [4.69, 9.17) is 9.47 Å². The van der Waals surface area contributed by atoms with Crippen LogP contribution in [0.4, 0.5) is 5.69 Å². The van der Waals surface area contributed by atoms with E-state index in [1.54, 1.807) is 13.2 Å². The molecule has 0 bridgehead atoms. The van der Waals surface area contributed by atoms with Gasteiger partial charge in [-0.15, -0.1) is 0 Å². The van der Waals surface area contributed by atoms with Crippen LogP contribution in [0.2, 0.25) is 0 Å². The van der Waals surface area contributed by atoms with Gasteiger partial charge in [0.2, 0.25) is 5.90 Å². The van der Waals surface area contributed by atoms with Crippen molar-refractivity contribution < 1.29 is 14.3 Å². The average Bonchev–Trinajstić information content (AvgIpc) is 3.16. The van der Waals surface area contributed by atoms with Gasteiger partial charge in [-0.05, 0) is 48.0 Å². The van der Waals surface area contributed by atoms with Crippen molar-refractivity contribution in [1.82, 2.24) is 0 Å². The molecule has 0 saturated heterocycles. The van der Waals surface area contributed by atoms with E-state index in [9.17, 15) is 4.79 Å². The van der Waals surface area contributed by atoms with Gasteiger partial charge in [0.15, 0.2) is 5.70 Å². The molecule has 5 heteroatoms. The van der Waals surface area contributed by atoms with Crippen LogP contribution in [0, 0.1) is 0 Å². The van der Waals surface area contributed by atoms with Crippen LogP contribution in [0.3, 0.4) is 0 Å². The standard InChI is InChI=1S/C23H22N2O3/c1-23(2)17-7-5-6-8-19(17)25(3)20(23)14-13-18-22(26)28-21(24-18)15-9-11-16(27-4)12-10-15/h5-14H,1-4H3. The number of carbonyl (C=O) groups is 1. The molecule has 0 N–H and O–H groups in total. The predicted octanol–water partition coefficient (Wildman–Crippen LogP) is 4.19. The third-order valence-electron chi connectivity index (χ3n) is 5.30. The maximum Gasteiger partial charge on any atom is 0.363 e. The largest absolute Gasteiger partial charge is 0.497 e. The average molecular weight is 374 g/mol. The van der Waals surface area contributed by atoms with Crippen molar-refractivity contribution in [2.24, 2.45) is 4.99 Å². The molecular weight excluding hydrogens is 352 g/mol. The number of fused-ring (bicyclic) bond motifs is 1. The number of cyclic esters (lactones) is 1. The molecule has 4 rings (SSSR count). The van der Waals surface area contributed by atoms with Crippen molar-refractivity contribution in [2.45, 2.75) is 19.3 Å². The fourth-order valence-corrected chi connectivity index (χ4v) is 3.74. The number of anilines is 1. The van der Waals surface area contributed by atoms with Gasteiger partial charge in [0, 0.05) is 29.4 Å². The number of aliphatic imine (C=N–C) groups is 1. The van der Waals surface area contributed by atoms with Crippen LogP contribution in [-0.4, -0.2) is 26.0 Å². The Balaban J connectivity index is 1.65. The van der Waals surface area contributed by atoms with E-state index < -0.39 is 5.97 Å². The van der Waals surface area contributed by atoms with Crippen molar-refractivity contribution >= 4 is 17.6 Å². The highest BCUT2D eigenvalue weighted by Gasteiger charge is 2.38. The van der Waals surface area contributed by atoms with Crippen molar-refractivity contribution in [3.8, 4) is 5.75 Å². The van der Waals surface area contributed by atoms with Gasteiger partial charge < -0.3 is 14.4 Å². The number of ether oxygens (including phenoxy) is 2. The summed E-state index contributed by atoms with van der Waals surface area (Å²) < 4.78 is 10.5. The summed E-state index contributed by atoms with van der Waals surface area (Å²) in [5, 5.41) is 0. The first-order valence-corrected chi connectivity index (χ1v) is 9.13. The molecule has 0 saturated carbocycles. The molecule has 0 aliphatic carbocycles. The highest BCUT2D eigenvalue weighted by Crippen LogP contribution is 2.46. The number of rotatable bonds is 3. The molecule has 2 heterocycles. The number of hydrogen-bond donors (Lipinski definition) is 0. The van der Waals surface area contributed by atoms with Crippen molar-refractivity contribution in [3.05, 3.63) is 83.2 Å². The molecule has 0 atom stereocenters. The molecule has 142 valence electrons. The van der Waals surface area contributed by atoms with Crippen LogP contribution in [-0.2, 0) is 14.9 Å². The predicted molar refractivity (Wildman–Crippen MR) is 110 cm³/mol. The molecule has 2 aliphatic rings. The second-order valence-corrected chi connectivity index (χ2v) is 7.34. The summed E-state index contributed by atoms with van der Waals surface area (Å²) in [6, 6.07) is 15.6. The maximum absolute atomic E-state index is 12.3. The highest BCUT2D eigenvalue weighted by atomic mass is 16.6. The number of nitrogens with zero attached hydrogens (tertiary/aromatic N) is 2. The number of para-hydroxylation sites is 1. The van der Waals surface area contributed by atoms with Crippen LogP contribution < -0.4 is 9.64 Å². The van der Waals surface area contributed by atoms with E-state index >= 15 is 0 Å². The van der Waals surface area contributed by atoms with E-state index in [-0.39, 0.29) is 5.41 Å². The van der Waals surface area contributed by atoms with Crippen molar-refractivity contribution in [2.75, 3.05) is 19.1 Å². The molecule has 28 heavy (non-hydrogen) atoms. The third kappa shape index (κ3) is 2.89. The number of allylic oxidation sites excluding steroid dienone is 3. The Morgan fingerprint density at radius 2 is 1.79 bits per heavy atom. The zero-order chi connectivity index (χ0) is 19.9. The molecule has 0 aromatic heterocycles. The van der Waals surface area contributed by atoms with E-state index in [0.717, 1.165) is 17.0 Å². The Kier molecular flexibility index (Phi) is 4.30. The Labute approximate surface area is 164 Å². The minimum atomic E-state index is -0.446. The molecule has 5 nitrogen and oxygen atoms in total. The van der Waals surface area contributed by atoms with Gasteiger partial charge in [-0.1, -0.05) is 32.0 Å². The molecule has 2 aromatic carbocycles. The van der Waals surface area contributed by atoms with E-state index in [0.29, 0.717) is 11.6 Å². The monoisotopic (exact) mass is 374 g/mol. The van der Waals surface area contributed by atoms with Crippen LogP contribution in [0.5, 0.6) is 5.75 Å². The molecule has 0 radical (unpaired) electrons. The fourth-order valence-electron chi connectivity index (χ4n) is 3.74. The topological polar surface area (TPSA) is 51.1 Å². The van der Waals surface area contributed by atoms with Gasteiger partial charge in [-0.2, -0.15) is 0 Å². The van der Waals surface area contributed by atoms with Gasteiger partial charge in [0.05, 0.1) is 7.11 Å². The van der Waals surface area contributed by atoms with E-state index in [1.165, 1.54) is 11.3 Å². The summed E-state index contributed by atoms with van der Waals surface area (Å²) in [4.78, 5) is 18.8. The number of likely N-dealkylation sites (N-methyl/N-ethyl adjacent to an activating group) is 1. The van der Waals surface area contributed by atoms with Gasteiger partial charge in [-0.3, -0.25) is 0 Å². The molecule has 0 amide bonds. The van der Waals surface area contributed by atoms with Crippen LogP contribution in [0.25, 0.3) is 0 Å². The minimum absolute atomic E-state index is 0.159. The molecule has 0 spiro atoms. The number of hydrogen-bond acceptors (Lipinski definition) is 5. The Hall–Kier alpha value is -3.34. The quantitative estimate of drug-likeness (QED) is 0.597. The number of carbonyl (C=O) groups excluding carboxylic acids is 1. The zero-order valence-corrected chi connectivity index (χ0v) is 16.4. The summed E-state index contributed by atoms with van der Waals surface area (Å²) in [6.07, 6.45) is 3.69. The lowest BCUT2D eigenvalue weighted by atomic mass is 9.84. The first-order valence-electron chi connectivity index (χ1n) is 9.13. The first kappa shape index (κ1) is 18.0.